The van der Waals surface area contributed by atoms with Crippen molar-refractivity contribution < 1.29 is 4.79 Å². The van der Waals surface area contributed by atoms with Gasteiger partial charge >= 0.3 is 6.03 Å². The minimum atomic E-state index is -0.128. The smallest absolute Gasteiger partial charge is 0.315 e. The highest BCUT2D eigenvalue weighted by Crippen LogP contribution is 2.17. The van der Waals surface area contributed by atoms with Gasteiger partial charge in [-0.2, -0.15) is 5.10 Å². The molecule has 2 heterocycles. The summed E-state index contributed by atoms with van der Waals surface area (Å²) in [6, 6.07) is 3.63. The molecule has 0 fully saturated rings. The van der Waals surface area contributed by atoms with Crippen LogP contribution in [-0.2, 0) is 6.54 Å². The van der Waals surface area contributed by atoms with Crippen LogP contribution in [0.25, 0.3) is 5.82 Å². The number of rotatable bonds is 5. The van der Waals surface area contributed by atoms with Gasteiger partial charge in [-0.1, -0.05) is 12.2 Å². The summed E-state index contributed by atoms with van der Waals surface area (Å²) < 4.78 is 1.59. The average molecular weight is 340 g/mol. The fourth-order valence-corrected chi connectivity index (χ4v) is 2.94. The predicted molar refractivity (Wildman–Crippen MR) is 95.1 cm³/mol. The highest BCUT2D eigenvalue weighted by Gasteiger charge is 2.11. The molecule has 0 saturated carbocycles. The monoisotopic (exact) mass is 340 g/mol. The fourth-order valence-electron chi connectivity index (χ4n) is 2.94. The van der Waals surface area contributed by atoms with Gasteiger partial charge in [0.2, 0.25) is 0 Å². The van der Waals surface area contributed by atoms with E-state index in [1.165, 1.54) is 19.2 Å². The van der Waals surface area contributed by atoms with E-state index in [0.29, 0.717) is 18.3 Å². The Morgan fingerprint density at radius 2 is 2.16 bits per heavy atom. The number of carbonyl (C=O) groups is 1. The Morgan fingerprint density at radius 1 is 1.24 bits per heavy atom. The van der Waals surface area contributed by atoms with Crippen molar-refractivity contribution in [1.82, 2.24) is 30.4 Å². The van der Waals surface area contributed by atoms with Crippen LogP contribution in [0.15, 0.2) is 43.1 Å². The van der Waals surface area contributed by atoms with Crippen molar-refractivity contribution in [1.29, 1.82) is 0 Å². The maximum Gasteiger partial charge on any atom is 0.315 e. The topological polar surface area (TPSA) is 84.7 Å². The van der Waals surface area contributed by atoms with Crippen molar-refractivity contribution in [3.63, 3.8) is 0 Å². The Hall–Kier alpha value is -2.70. The quantitative estimate of drug-likeness (QED) is 0.819. The van der Waals surface area contributed by atoms with Gasteiger partial charge in [0, 0.05) is 19.3 Å². The van der Waals surface area contributed by atoms with Crippen LogP contribution in [0.3, 0.4) is 0 Å². The number of carbonyl (C=O) groups excluding carboxylic acids is 1. The molecule has 1 atom stereocenters. The summed E-state index contributed by atoms with van der Waals surface area (Å²) in [5.74, 6) is 1.25. The lowest BCUT2D eigenvalue weighted by Gasteiger charge is -2.18. The number of nitrogens with zero attached hydrogens (tertiary/aromatic N) is 4. The van der Waals surface area contributed by atoms with Gasteiger partial charge in [-0.05, 0) is 55.7 Å². The first-order valence-electron chi connectivity index (χ1n) is 8.78. The zero-order valence-electron chi connectivity index (χ0n) is 14.3. The molecule has 3 rings (SSSR count). The van der Waals surface area contributed by atoms with Crippen molar-refractivity contribution in [3.05, 3.63) is 48.7 Å². The van der Waals surface area contributed by atoms with Gasteiger partial charge < -0.3 is 10.6 Å². The molecule has 0 radical (unpaired) electrons. The lowest BCUT2D eigenvalue weighted by atomic mass is 9.94. The third kappa shape index (κ3) is 5.41. The molecule has 1 aliphatic rings. The number of amides is 2. The first-order valence-corrected chi connectivity index (χ1v) is 8.78. The fraction of sp³-hybridized carbons (Fsp3) is 0.444. The predicted octanol–water partition coefficient (Wildman–Crippen LogP) is 2.60. The molecule has 2 amide bonds. The molecule has 0 saturated heterocycles. The van der Waals surface area contributed by atoms with Gasteiger partial charge in [-0.25, -0.2) is 19.4 Å². The third-order valence-corrected chi connectivity index (χ3v) is 4.36. The lowest BCUT2D eigenvalue weighted by molar-refractivity contribution is 0.237. The van der Waals surface area contributed by atoms with E-state index in [0.717, 1.165) is 31.4 Å². The summed E-state index contributed by atoms with van der Waals surface area (Å²) in [4.78, 5) is 20.2. The Kier molecular flexibility index (Phi) is 6.14. The number of nitrogens with one attached hydrogen (secondary N) is 2. The number of aromatic nitrogens is 4. The third-order valence-electron chi connectivity index (χ3n) is 4.36. The van der Waals surface area contributed by atoms with Crippen LogP contribution in [0.4, 0.5) is 4.79 Å². The number of hydrogen-bond donors (Lipinski definition) is 2. The van der Waals surface area contributed by atoms with Crippen molar-refractivity contribution in [2.24, 2.45) is 5.92 Å². The number of urea groups is 1. The van der Waals surface area contributed by atoms with E-state index >= 15 is 0 Å². The highest BCUT2D eigenvalue weighted by atomic mass is 16.2. The van der Waals surface area contributed by atoms with E-state index in [4.69, 9.17) is 0 Å². The van der Waals surface area contributed by atoms with E-state index in [2.05, 4.69) is 37.9 Å². The normalized spacial score (nSPS) is 18.8. The van der Waals surface area contributed by atoms with E-state index in [1.807, 2.05) is 12.1 Å². The number of allylic oxidation sites excluding steroid dienone is 2. The van der Waals surface area contributed by atoms with Crippen LogP contribution in [0.5, 0.6) is 0 Å². The number of pyridine rings is 1. The Labute approximate surface area is 147 Å². The van der Waals surface area contributed by atoms with Gasteiger partial charge in [-0.15, -0.1) is 0 Å². The first-order chi connectivity index (χ1) is 12.3. The summed E-state index contributed by atoms with van der Waals surface area (Å²) in [6.07, 6.45) is 15.1. The van der Waals surface area contributed by atoms with Crippen LogP contribution in [0.1, 0.15) is 37.7 Å². The molecule has 0 spiro atoms. The molecule has 1 unspecified atom stereocenters. The molecular weight excluding hydrogens is 316 g/mol. The average Bonchev–Trinajstić information content (AvgIpc) is 3.14. The summed E-state index contributed by atoms with van der Waals surface area (Å²) in [5.41, 5.74) is 0.965. The van der Waals surface area contributed by atoms with Crippen molar-refractivity contribution in [2.45, 2.75) is 38.6 Å². The van der Waals surface area contributed by atoms with Crippen molar-refractivity contribution >= 4 is 6.03 Å². The van der Waals surface area contributed by atoms with Gasteiger partial charge in [0.1, 0.15) is 12.7 Å². The summed E-state index contributed by atoms with van der Waals surface area (Å²) in [5, 5.41) is 9.95. The highest BCUT2D eigenvalue weighted by molar-refractivity contribution is 5.73. The second kappa shape index (κ2) is 8.96. The molecule has 132 valence electrons. The zero-order chi connectivity index (χ0) is 17.3. The SMILES string of the molecule is O=C(NCc1ccnc(-n2cncn2)c1)NCC1CC/C=C\CCC1. The molecule has 0 aromatic carbocycles. The number of hydrogen-bond acceptors (Lipinski definition) is 4. The lowest BCUT2D eigenvalue weighted by Crippen LogP contribution is -2.38. The van der Waals surface area contributed by atoms with Crippen LogP contribution in [-0.4, -0.2) is 32.3 Å². The largest absolute Gasteiger partial charge is 0.338 e. The minimum Gasteiger partial charge on any atom is -0.338 e. The molecule has 0 aliphatic heterocycles. The molecule has 2 aromatic rings. The molecule has 0 bridgehead atoms. The summed E-state index contributed by atoms with van der Waals surface area (Å²) in [7, 11) is 0. The maximum atomic E-state index is 12.0. The van der Waals surface area contributed by atoms with Crippen molar-refractivity contribution in [2.75, 3.05) is 6.54 Å². The van der Waals surface area contributed by atoms with E-state index in [1.54, 1.807) is 17.2 Å². The zero-order valence-corrected chi connectivity index (χ0v) is 14.3. The molecule has 7 heteroatoms. The second-order valence-corrected chi connectivity index (χ2v) is 6.27. The molecule has 7 nitrogen and oxygen atoms in total. The summed E-state index contributed by atoms with van der Waals surface area (Å²) >= 11 is 0. The standard InChI is InChI=1S/C18H24N6O/c25-18(21-11-15-6-4-2-1-3-5-7-15)22-12-16-8-9-20-17(10-16)24-14-19-13-23-24/h1-2,8-10,13-15H,3-7,11-12H2,(H2,21,22,25)/b2-1-. The van der Waals surface area contributed by atoms with Gasteiger partial charge in [0.25, 0.3) is 0 Å². The van der Waals surface area contributed by atoms with E-state index < -0.39 is 0 Å². The van der Waals surface area contributed by atoms with Crippen LogP contribution in [0, 0.1) is 5.92 Å². The van der Waals surface area contributed by atoms with Crippen LogP contribution < -0.4 is 10.6 Å². The molecule has 25 heavy (non-hydrogen) atoms. The molecule has 2 aromatic heterocycles. The maximum absolute atomic E-state index is 12.0. The molecular formula is C18H24N6O. The van der Waals surface area contributed by atoms with E-state index in [-0.39, 0.29) is 6.03 Å². The van der Waals surface area contributed by atoms with Gasteiger partial charge in [0.05, 0.1) is 0 Å². The Morgan fingerprint density at radius 3 is 3.04 bits per heavy atom. The van der Waals surface area contributed by atoms with Gasteiger partial charge in [0.15, 0.2) is 5.82 Å². The van der Waals surface area contributed by atoms with Crippen LogP contribution >= 0.6 is 0 Å². The van der Waals surface area contributed by atoms with Gasteiger partial charge in [-0.3, -0.25) is 0 Å². The van der Waals surface area contributed by atoms with Crippen molar-refractivity contribution in [3.8, 4) is 5.82 Å². The Bertz CT molecular complexity index is 697. The molecule has 2 N–H and O–H groups in total. The summed E-state index contributed by atoms with van der Waals surface area (Å²) in [6.45, 7) is 1.18. The van der Waals surface area contributed by atoms with Crippen LogP contribution in [0.2, 0.25) is 0 Å². The second-order valence-electron chi connectivity index (χ2n) is 6.27. The Balaban J connectivity index is 1.44. The minimum absolute atomic E-state index is 0.128. The first kappa shape index (κ1) is 17.1. The van der Waals surface area contributed by atoms with E-state index in [9.17, 15) is 4.79 Å². The molecule has 1 aliphatic carbocycles.